The van der Waals surface area contributed by atoms with Gasteiger partial charge in [-0.25, -0.2) is 4.63 Å². The van der Waals surface area contributed by atoms with Gasteiger partial charge in [-0.2, -0.15) is 0 Å². The summed E-state index contributed by atoms with van der Waals surface area (Å²) < 4.78 is 18.2. The Morgan fingerprint density at radius 1 is 0.977 bits per heavy atom. The summed E-state index contributed by atoms with van der Waals surface area (Å²) in [4.78, 5) is 10.7. The zero-order valence-corrected chi connectivity index (χ0v) is 25.3. The number of nitrogens with one attached hydrogen (secondary N) is 1. The number of anilines is 1. The number of aliphatic hydroxyl groups excluding tert-OH is 3. The van der Waals surface area contributed by atoms with Gasteiger partial charge in [-0.3, -0.25) is 14.8 Å². The Bertz CT molecular complexity index is 1290. The van der Waals surface area contributed by atoms with Gasteiger partial charge >= 0.3 is 5.69 Å². The van der Waals surface area contributed by atoms with Crippen LogP contribution in [0.1, 0.15) is 89.7 Å². The molecule has 15 nitrogen and oxygen atoms in total. The summed E-state index contributed by atoms with van der Waals surface area (Å²) in [7, 11) is 0. The summed E-state index contributed by atoms with van der Waals surface area (Å²) in [5.41, 5.74) is 0.473. The molecule has 2 aromatic heterocycles. The van der Waals surface area contributed by atoms with Gasteiger partial charge in [0, 0.05) is 12.6 Å². The van der Waals surface area contributed by atoms with Crippen molar-refractivity contribution in [3.63, 3.8) is 0 Å². The van der Waals surface area contributed by atoms with Crippen LogP contribution in [0.25, 0.3) is 11.0 Å². The van der Waals surface area contributed by atoms with Crippen LogP contribution >= 0.6 is 0 Å². The SMILES string of the molecule is CCCCCCCCCCCCCCn1cc(CO[C@@H]2O[C@H](CO)[C@@H](O)[C@H](O)[C@H]2Nc2ccc([N+](=O)[O-])c3nonc23)nn1. The number of nitro groups is 1. The number of aryl methyl sites for hydroxylation is 1. The molecule has 1 aromatic carbocycles. The number of aliphatic hydroxyl groups is 3. The number of nitro benzene ring substituents is 1. The second kappa shape index (κ2) is 17.3. The summed E-state index contributed by atoms with van der Waals surface area (Å²) in [5, 5.41) is 61.1. The highest BCUT2D eigenvalue weighted by atomic mass is 16.7. The van der Waals surface area contributed by atoms with E-state index in [-0.39, 0.29) is 29.0 Å². The van der Waals surface area contributed by atoms with Crippen molar-refractivity contribution in [2.75, 3.05) is 11.9 Å². The summed E-state index contributed by atoms with van der Waals surface area (Å²) in [6, 6.07) is 1.56. The van der Waals surface area contributed by atoms with Crippen LogP contribution in [0.4, 0.5) is 11.4 Å². The molecule has 1 aliphatic rings. The van der Waals surface area contributed by atoms with Gasteiger partial charge in [0.2, 0.25) is 5.52 Å². The number of aromatic nitrogens is 5. The monoisotopic (exact) mass is 619 g/mol. The maximum Gasteiger partial charge on any atom is 0.300 e. The third kappa shape index (κ3) is 9.14. The Morgan fingerprint density at radius 2 is 1.64 bits per heavy atom. The van der Waals surface area contributed by atoms with E-state index in [1.165, 1.54) is 76.3 Å². The van der Waals surface area contributed by atoms with E-state index in [0.717, 1.165) is 19.4 Å². The molecule has 0 saturated carbocycles. The number of hydrogen-bond acceptors (Lipinski definition) is 13. The third-order valence-corrected chi connectivity index (χ3v) is 8.02. The number of non-ortho nitro benzene ring substituents is 1. The molecule has 0 spiro atoms. The Morgan fingerprint density at radius 3 is 2.30 bits per heavy atom. The largest absolute Gasteiger partial charge is 0.394 e. The minimum Gasteiger partial charge on any atom is -0.394 e. The molecule has 1 fully saturated rings. The molecular weight excluding hydrogens is 574 g/mol. The van der Waals surface area contributed by atoms with Crippen LogP contribution in [0.2, 0.25) is 0 Å². The molecule has 0 unspecified atom stereocenters. The average molecular weight is 620 g/mol. The molecule has 3 heterocycles. The molecule has 0 bridgehead atoms. The van der Waals surface area contributed by atoms with Crippen molar-refractivity contribution in [3.8, 4) is 0 Å². The molecule has 4 rings (SSSR count). The molecule has 3 aromatic rings. The number of fused-ring (bicyclic) bond motifs is 1. The second-order valence-electron chi connectivity index (χ2n) is 11.4. The molecule has 244 valence electrons. The standard InChI is InChI=1S/C29H45N7O8/c1-2-3-4-5-6-7-8-9-10-11-12-13-16-35-17-20(31-34-35)19-42-29-26(28(39)27(38)23(18-37)43-29)30-21-14-15-22(36(40)41)25-24(21)32-44-33-25/h14-15,17,23,26-30,37-39H,2-13,16,18-19H2,1H3/t23-,26-,27-,28-,29-/m1/s1. The fraction of sp³-hybridized carbons (Fsp3) is 0.724. The van der Waals surface area contributed by atoms with Crippen LogP contribution in [0, 0.1) is 10.1 Å². The fourth-order valence-electron chi connectivity index (χ4n) is 5.47. The number of ether oxygens (including phenoxy) is 2. The number of unbranched alkanes of at least 4 members (excludes halogenated alkanes) is 11. The van der Waals surface area contributed by atoms with Crippen LogP contribution in [0.3, 0.4) is 0 Å². The van der Waals surface area contributed by atoms with E-state index in [0.29, 0.717) is 5.69 Å². The molecule has 4 N–H and O–H groups in total. The Kier molecular flexibility index (Phi) is 13.2. The van der Waals surface area contributed by atoms with Gasteiger partial charge in [0.1, 0.15) is 30.0 Å². The van der Waals surface area contributed by atoms with E-state index < -0.39 is 42.2 Å². The van der Waals surface area contributed by atoms with Crippen LogP contribution < -0.4 is 5.32 Å². The second-order valence-corrected chi connectivity index (χ2v) is 11.4. The van der Waals surface area contributed by atoms with Gasteiger partial charge in [-0.05, 0) is 22.8 Å². The van der Waals surface area contributed by atoms with Crippen molar-refractivity contribution < 1.29 is 34.3 Å². The molecule has 0 radical (unpaired) electrons. The molecule has 1 saturated heterocycles. The number of rotatable bonds is 20. The lowest BCUT2D eigenvalue weighted by Crippen LogP contribution is -2.61. The van der Waals surface area contributed by atoms with E-state index in [9.17, 15) is 25.4 Å². The Labute approximate surface area is 256 Å². The smallest absolute Gasteiger partial charge is 0.300 e. The highest BCUT2D eigenvalue weighted by Crippen LogP contribution is 2.32. The summed E-state index contributed by atoms with van der Waals surface area (Å²) in [6.07, 6.45) is 12.0. The Balaban J connectivity index is 1.25. The topological polar surface area (TPSA) is 204 Å². The van der Waals surface area contributed by atoms with Crippen molar-refractivity contribution in [2.24, 2.45) is 0 Å². The summed E-state index contributed by atoms with van der Waals surface area (Å²) in [5.74, 6) is 0. The summed E-state index contributed by atoms with van der Waals surface area (Å²) >= 11 is 0. The molecule has 1 aliphatic heterocycles. The van der Waals surface area contributed by atoms with Crippen LogP contribution in [-0.4, -0.2) is 82.8 Å². The van der Waals surface area contributed by atoms with Gasteiger partial charge in [0.05, 0.1) is 30.0 Å². The van der Waals surface area contributed by atoms with E-state index in [1.54, 1.807) is 10.9 Å². The first-order chi connectivity index (χ1) is 21.4. The van der Waals surface area contributed by atoms with Gasteiger partial charge in [0.15, 0.2) is 11.8 Å². The average Bonchev–Trinajstić information content (AvgIpc) is 3.70. The number of benzene rings is 1. The van der Waals surface area contributed by atoms with Gasteiger partial charge in [0.25, 0.3) is 0 Å². The van der Waals surface area contributed by atoms with E-state index in [2.05, 4.69) is 32.9 Å². The highest BCUT2D eigenvalue weighted by molar-refractivity contribution is 5.93. The van der Waals surface area contributed by atoms with Gasteiger partial charge < -0.3 is 30.1 Å². The van der Waals surface area contributed by atoms with Crippen molar-refractivity contribution >= 4 is 22.4 Å². The Hall–Kier alpha value is -3.24. The number of hydrogen-bond donors (Lipinski definition) is 4. The first-order valence-electron chi connectivity index (χ1n) is 15.7. The zero-order valence-electron chi connectivity index (χ0n) is 25.3. The van der Waals surface area contributed by atoms with Gasteiger partial charge in [-0.15, -0.1) is 5.10 Å². The third-order valence-electron chi connectivity index (χ3n) is 8.02. The van der Waals surface area contributed by atoms with E-state index >= 15 is 0 Å². The molecule has 0 amide bonds. The minimum absolute atomic E-state index is 0.0105. The van der Waals surface area contributed by atoms with Gasteiger partial charge in [-0.1, -0.05) is 82.8 Å². The van der Waals surface area contributed by atoms with E-state index in [4.69, 9.17) is 14.1 Å². The number of nitrogens with zero attached hydrogens (tertiary/aromatic N) is 6. The normalized spacial score (nSPS) is 22.0. The maximum absolute atomic E-state index is 11.3. The van der Waals surface area contributed by atoms with Crippen LogP contribution in [0.5, 0.6) is 0 Å². The first-order valence-corrected chi connectivity index (χ1v) is 15.7. The summed E-state index contributed by atoms with van der Waals surface area (Å²) in [6.45, 7) is 2.43. The lowest BCUT2D eigenvalue weighted by molar-refractivity contribution is -0.383. The molecule has 15 heteroatoms. The van der Waals surface area contributed by atoms with Crippen molar-refractivity contribution in [3.05, 3.63) is 34.1 Å². The molecular formula is C29H45N7O8. The van der Waals surface area contributed by atoms with Crippen molar-refractivity contribution in [2.45, 2.75) is 128 Å². The molecule has 5 atom stereocenters. The maximum atomic E-state index is 11.3. The lowest BCUT2D eigenvalue weighted by atomic mass is 9.96. The first kappa shape index (κ1) is 33.6. The minimum atomic E-state index is -1.43. The predicted octanol–water partition coefficient (Wildman–Crippen LogP) is 3.86. The molecule has 44 heavy (non-hydrogen) atoms. The van der Waals surface area contributed by atoms with Crippen molar-refractivity contribution in [1.82, 2.24) is 25.3 Å². The van der Waals surface area contributed by atoms with Crippen LogP contribution in [0.15, 0.2) is 23.0 Å². The van der Waals surface area contributed by atoms with E-state index in [1.807, 2.05) is 0 Å². The quantitative estimate of drug-likeness (QED) is 0.0807. The molecule has 0 aliphatic carbocycles. The highest BCUT2D eigenvalue weighted by Gasteiger charge is 2.45. The fourth-order valence-corrected chi connectivity index (χ4v) is 5.47. The zero-order chi connectivity index (χ0) is 31.3. The lowest BCUT2D eigenvalue weighted by Gasteiger charge is -2.42. The predicted molar refractivity (Wildman–Crippen MR) is 160 cm³/mol. The van der Waals surface area contributed by atoms with Crippen molar-refractivity contribution in [1.29, 1.82) is 0 Å². The van der Waals surface area contributed by atoms with Crippen LogP contribution in [-0.2, 0) is 22.6 Å².